The fraction of sp³-hybridized carbons (Fsp3) is 1.00. The van der Waals surface area contributed by atoms with Crippen LogP contribution >= 0.6 is 0 Å². The van der Waals surface area contributed by atoms with Crippen LogP contribution in [0.5, 0.6) is 0 Å². The maximum absolute atomic E-state index is 12.3. The van der Waals surface area contributed by atoms with Crippen molar-refractivity contribution in [2.75, 3.05) is 0 Å². The van der Waals surface area contributed by atoms with Gasteiger partial charge in [-0.05, 0) is 25.7 Å². The van der Waals surface area contributed by atoms with Gasteiger partial charge in [0.15, 0.2) is 16.9 Å². The highest BCUT2D eigenvalue weighted by molar-refractivity contribution is 7.39. The molecule has 0 amide bonds. The van der Waals surface area contributed by atoms with E-state index in [0.717, 1.165) is 0 Å². The Kier molecular flexibility index (Phi) is 5.50. The standard InChI is InChI=1S/C9H23F3OSi3/c1-14(2)13-16(6,15(3,4)5)8-7-9(10,11)12/h14H,7-8H2,1-6H3. The first-order valence-electron chi connectivity index (χ1n) is 5.62. The Hall–Kier alpha value is 0.401. The molecule has 0 aromatic rings. The highest BCUT2D eigenvalue weighted by atomic mass is 29.3. The lowest BCUT2D eigenvalue weighted by atomic mass is 10.5. The zero-order chi connectivity index (χ0) is 13.2. The fourth-order valence-electron chi connectivity index (χ4n) is 1.51. The van der Waals surface area contributed by atoms with Crippen molar-refractivity contribution < 1.29 is 17.3 Å². The lowest BCUT2D eigenvalue weighted by Crippen LogP contribution is -2.59. The molecule has 1 unspecified atom stereocenters. The number of hydrogen-bond donors (Lipinski definition) is 0. The van der Waals surface area contributed by atoms with Crippen LogP contribution in [0.3, 0.4) is 0 Å². The molecule has 0 radical (unpaired) electrons. The van der Waals surface area contributed by atoms with E-state index in [0.29, 0.717) is 0 Å². The van der Waals surface area contributed by atoms with Crippen molar-refractivity contribution >= 4 is 24.5 Å². The largest absolute Gasteiger partial charge is 0.460 e. The summed E-state index contributed by atoms with van der Waals surface area (Å²) in [6.07, 6.45) is -4.73. The van der Waals surface area contributed by atoms with Crippen molar-refractivity contribution in [2.24, 2.45) is 0 Å². The van der Waals surface area contributed by atoms with Crippen LogP contribution in [0, 0.1) is 0 Å². The van der Waals surface area contributed by atoms with Gasteiger partial charge in [-0.25, -0.2) is 0 Å². The Balaban J connectivity index is 4.69. The molecule has 0 aromatic heterocycles. The van der Waals surface area contributed by atoms with Crippen LogP contribution in [0.4, 0.5) is 13.2 Å². The van der Waals surface area contributed by atoms with E-state index in [9.17, 15) is 13.2 Å². The minimum Gasteiger partial charge on any atom is -0.460 e. The second kappa shape index (κ2) is 5.36. The lowest BCUT2D eigenvalue weighted by molar-refractivity contribution is -0.131. The molecule has 7 heteroatoms. The quantitative estimate of drug-likeness (QED) is 0.697. The number of halogens is 3. The van der Waals surface area contributed by atoms with Crippen LogP contribution in [-0.2, 0) is 4.12 Å². The van der Waals surface area contributed by atoms with Gasteiger partial charge in [-0.1, -0.05) is 19.6 Å². The second-order valence-electron chi connectivity index (χ2n) is 5.76. The molecular weight excluding hydrogens is 265 g/mol. The summed E-state index contributed by atoms with van der Waals surface area (Å²) in [6.45, 7) is 12.5. The molecular formula is C9H23F3OSi3. The van der Waals surface area contributed by atoms with E-state index in [-0.39, 0.29) is 6.04 Å². The monoisotopic (exact) mass is 288 g/mol. The van der Waals surface area contributed by atoms with E-state index in [1.807, 2.05) is 19.6 Å². The van der Waals surface area contributed by atoms with Crippen LogP contribution in [0.2, 0.25) is 45.3 Å². The van der Waals surface area contributed by atoms with E-state index in [2.05, 4.69) is 19.6 Å². The first-order chi connectivity index (χ1) is 6.87. The summed E-state index contributed by atoms with van der Waals surface area (Å²) >= 11 is 0. The van der Waals surface area contributed by atoms with Gasteiger partial charge < -0.3 is 4.12 Å². The summed E-state index contributed by atoms with van der Waals surface area (Å²) in [6, 6.07) is 0.234. The molecule has 0 fully saturated rings. The lowest BCUT2D eigenvalue weighted by Gasteiger charge is -2.40. The highest BCUT2D eigenvalue weighted by Gasteiger charge is 2.45. The molecule has 0 saturated carbocycles. The van der Waals surface area contributed by atoms with Crippen LogP contribution in [0.1, 0.15) is 6.42 Å². The molecule has 0 bridgehead atoms. The molecule has 0 saturated heterocycles. The van der Waals surface area contributed by atoms with E-state index in [1.165, 1.54) is 0 Å². The van der Waals surface area contributed by atoms with Crippen LogP contribution in [-0.4, -0.2) is 30.6 Å². The number of hydrogen-bond acceptors (Lipinski definition) is 1. The Labute approximate surface area is 100 Å². The molecule has 0 aromatic carbocycles. The van der Waals surface area contributed by atoms with Gasteiger partial charge in [-0.3, -0.25) is 0 Å². The van der Waals surface area contributed by atoms with Gasteiger partial charge in [0.25, 0.3) is 0 Å². The van der Waals surface area contributed by atoms with Crippen molar-refractivity contribution in [3.05, 3.63) is 0 Å². The van der Waals surface area contributed by atoms with Gasteiger partial charge >= 0.3 is 6.18 Å². The van der Waals surface area contributed by atoms with Gasteiger partial charge in [0.2, 0.25) is 0 Å². The Morgan fingerprint density at radius 1 is 1.06 bits per heavy atom. The fourth-order valence-corrected chi connectivity index (χ4v) is 17.0. The molecule has 0 spiro atoms. The molecule has 0 aliphatic rings. The second-order valence-corrected chi connectivity index (χ2v) is 23.9. The zero-order valence-corrected chi connectivity index (χ0v) is 14.2. The Bertz CT molecular complexity index is 225. The predicted octanol–water partition coefficient (Wildman–Crippen LogP) is 3.93. The first kappa shape index (κ1) is 16.4. The van der Waals surface area contributed by atoms with Crippen LogP contribution < -0.4 is 0 Å². The molecule has 0 rings (SSSR count). The molecule has 98 valence electrons. The van der Waals surface area contributed by atoms with Gasteiger partial charge in [0, 0.05) is 6.42 Å². The Morgan fingerprint density at radius 2 is 1.50 bits per heavy atom. The van der Waals surface area contributed by atoms with Gasteiger partial charge in [0.1, 0.15) is 0 Å². The summed E-state index contributed by atoms with van der Waals surface area (Å²) in [4.78, 5) is 0. The predicted molar refractivity (Wildman–Crippen MR) is 70.4 cm³/mol. The summed E-state index contributed by atoms with van der Waals surface area (Å²) < 4.78 is 43.0. The van der Waals surface area contributed by atoms with Gasteiger partial charge in [-0.15, -0.1) is 0 Å². The summed E-state index contributed by atoms with van der Waals surface area (Å²) in [5.41, 5.74) is 0. The van der Waals surface area contributed by atoms with Crippen LogP contribution in [0.15, 0.2) is 0 Å². The smallest absolute Gasteiger partial charge is 0.388 e. The average Bonchev–Trinajstić information content (AvgIpc) is 1.96. The zero-order valence-electron chi connectivity index (χ0n) is 11.0. The topological polar surface area (TPSA) is 9.23 Å². The molecule has 1 atom stereocenters. The average molecular weight is 289 g/mol. The molecule has 0 heterocycles. The molecule has 0 aliphatic carbocycles. The maximum Gasteiger partial charge on any atom is 0.388 e. The van der Waals surface area contributed by atoms with Crippen molar-refractivity contribution in [2.45, 2.75) is 57.9 Å². The van der Waals surface area contributed by atoms with Gasteiger partial charge in [-0.2, -0.15) is 13.2 Å². The third-order valence-electron chi connectivity index (χ3n) is 2.97. The summed E-state index contributed by atoms with van der Waals surface area (Å²) in [7, 11) is -5.02. The van der Waals surface area contributed by atoms with Crippen molar-refractivity contribution in [1.29, 1.82) is 0 Å². The van der Waals surface area contributed by atoms with Crippen molar-refractivity contribution in [3.8, 4) is 0 Å². The van der Waals surface area contributed by atoms with E-state index in [4.69, 9.17) is 4.12 Å². The normalized spacial score (nSPS) is 17.6. The minimum atomic E-state index is -4.05. The highest BCUT2D eigenvalue weighted by Crippen LogP contribution is 2.32. The first-order valence-corrected chi connectivity index (χ1v) is 15.5. The number of alkyl halides is 3. The summed E-state index contributed by atoms with van der Waals surface area (Å²) in [5, 5.41) is 0. The minimum absolute atomic E-state index is 0.234. The molecule has 0 aliphatic heterocycles. The summed E-state index contributed by atoms with van der Waals surface area (Å²) in [5.74, 6) is 0. The number of rotatable bonds is 5. The van der Waals surface area contributed by atoms with E-state index >= 15 is 0 Å². The van der Waals surface area contributed by atoms with Crippen LogP contribution in [0.25, 0.3) is 0 Å². The Morgan fingerprint density at radius 3 is 1.75 bits per heavy atom. The third kappa shape index (κ3) is 5.65. The van der Waals surface area contributed by atoms with E-state index < -0.39 is 37.1 Å². The molecule has 1 nitrogen and oxygen atoms in total. The third-order valence-corrected chi connectivity index (χ3v) is 22.6. The molecule has 16 heavy (non-hydrogen) atoms. The maximum atomic E-state index is 12.3. The van der Waals surface area contributed by atoms with Crippen molar-refractivity contribution in [3.63, 3.8) is 0 Å². The van der Waals surface area contributed by atoms with Gasteiger partial charge in [0.05, 0.1) is 7.59 Å². The van der Waals surface area contributed by atoms with Crippen molar-refractivity contribution in [1.82, 2.24) is 0 Å². The molecule has 0 N–H and O–H groups in total. The van der Waals surface area contributed by atoms with E-state index in [1.54, 1.807) is 0 Å². The SMILES string of the molecule is C[SiH](C)O[Si](C)(CCC(F)(F)F)[Si](C)(C)C.